The molecule has 0 bridgehead atoms. The Morgan fingerprint density at radius 1 is 1.22 bits per heavy atom. The molecule has 3 N–H and O–H groups in total. The average molecular weight is 317 g/mol. The lowest BCUT2D eigenvalue weighted by molar-refractivity contribution is -0.120. The van der Waals surface area contributed by atoms with Gasteiger partial charge in [0.25, 0.3) is 5.91 Å². The molecule has 1 atom stereocenters. The molecule has 1 aromatic rings. The van der Waals surface area contributed by atoms with E-state index in [0.717, 1.165) is 25.7 Å². The molecular formula is C18H27N3O2. The maximum atomic E-state index is 12.3. The molecule has 1 aliphatic rings. The van der Waals surface area contributed by atoms with E-state index in [4.69, 9.17) is 0 Å². The summed E-state index contributed by atoms with van der Waals surface area (Å²) in [7, 11) is 1.86. The second kappa shape index (κ2) is 8.67. The minimum atomic E-state index is -0.124. The number of carbonyl (C=O) groups excluding carboxylic acids is 2. The summed E-state index contributed by atoms with van der Waals surface area (Å²) >= 11 is 0. The molecule has 0 spiro atoms. The number of hydrogen-bond acceptors (Lipinski definition) is 3. The van der Waals surface area contributed by atoms with Gasteiger partial charge < -0.3 is 16.0 Å². The van der Waals surface area contributed by atoms with E-state index in [2.05, 4.69) is 16.0 Å². The average Bonchev–Trinajstić information content (AvgIpc) is 2.60. The maximum Gasteiger partial charge on any atom is 0.251 e. The van der Waals surface area contributed by atoms with Crippen molar-refractivity contribution in [2.75, 3.05) is 18.9 Å². The summed E-state index contributed by atoms with van der Waals surface area (Å²) in [4.78, 5) is 24.4. The van der Waals surface area contributed by atoms with Gasteiger partial charge in [0.1, 0.15) is 0 Å². The van der Waals surface area contributed by atoms with Crippen LogP contribution in [-0.4, -0.2) is 31.4 Å². The third-order valence-corrected chi connectivity index (χ3v) is 4.43. The van der Waals surface area contributed by atoms with Crippen molar-refractivity contribution in [2.45, 2.75) is 45.1 Å². The van der Waals surface area contributed by atoms with Gasteiger partial charge in [-0.05, 0) is 45.0 Å². The topological polar surface area (TPSA) is 70.2 Å². The van der Waals surface area contributed by atoms with Crippen LogP contribution in [0.2, 0.25) is 0 Å². The Morgan fingerprint density at radius 3 is 2.65 bits per heavy atom. The third kappa shape index (κ3) is 5.36. The van der Waals surface area contributed by atoms with Gasteiger partial charge in [-0.25, -0.2) is 0 Å². The van der Waals surface area contributed by atoms with Crippen molar-refractivity contribution >= 4 is 17.5 Å². The van der Waals surface area contributed by atoms with E-state index in [1.165, 1.54) is 6.42 Å². The van der Waals surface area contributed by atoms with E-state index in [0.29, 0.717) is 17.8 Å². The summed E-state index contributed by atoms with van der Waals surface area (Å²) in [5, 5.41) is 8.90. The van der Waals surface area contributed by atoms with Crippen LogP contribution >= 0.6 is 0 Å². The summed E-state index contributed by atoms with van der Waals surface area (Å²) in [6, 6.07) is 7.34. The zero-order valence-electron chi connectivity index (χ0n) is 14.0. The smallest absolute Gasteiger partial charge is 0.251 e. The normalized spacial score (nSPS) is 16.6. The maximum absolute atomic E-state index is 12.3. The van der Waals surface area contributed by atoms with E-state index in [1.807, 2.05) is 20.0 Å². The standard InChI is InChI=1S/C18H27N3O2/c1-13(19-2)12-20-17(22)15-9-6-10-16(11-15)21-18(23)14-7-4-3-5-8-14/h6,9-11,13-14,19H,3-5,7-8,12H2,1-2H3,(H,20,22)(H,21,23). The summed E-state index contributed by atoms with van der Waals surface area (Å²) in [6.07, 6.45) is 5.42. The van der Waals surface area contributed by atoms with Crippen molar-refractivity contribution in [3.05, 3.63) is 29.8 Å². The summed E-state index contributed by atoms with van der Waals surface area (Å²) in [5.41, 5.74) is 1.25. The van der Waals surface area contributed by atoms with Crippen LogP contribution in [0.4, 0.5) is 5.69 Å². The zero-order chi connectivity index (χ0) is 16.7. The zero-order valence-corrected chi connectivity index (χ0v) is 14.0. The van der Waals surface area contributed by atoms with E-state index in [1.54, 1.807) is 18.2 Å². The van der Waals surface area contributed by atoms with Crippen LogP contribution in [0.3, 0.4) is 0 Å². The molecule has 5 heteroatoms. The number of likely N-dealkylation sites (N-methyl/N-ethyl adjacent to an activating group) is 1. The molecule has 0 aromatic heterocycles. The third-order valence-electron chi connectivity index (χ3n) is 4.43. The Balaban J connectivity index is 1.93. The van der Waals surface area contributed by atoms with Gasteiger partial charge in [0.2, 0.25) is 5.91 Å². The van der Waals surface area contributed by atoms with Crippen LogP contribution in [0.25, 0.3) is 0 Å². The molecule has 1 aromatic carbocycles. The fourth-order valence-electron chi connectivity index (χ4n) is 2.80. The molecule has 1 saturated carbocycles. The number of carbonyl (C=O) groups is 2. The Kier molecular flexibility index (Phi) is 6.59. The molecule has 0 radical (unpaired) electrons. The Morgan fingerprint density at radius 2 is 1.96 bits per heavy atom. The predicted octanol–water partition coefficient (Wildman–Crippen LogP) is 2.54. The number of rotatable bonds is 6. The number of hydrogen-bond donors (Lipinski definition) is 3. The lowest BCUT2D eigenvalue weighted by Gasteiger charge is -2.20. The Bertz CT molecular complexity index is 539. The van der Waals surface area contributed by atoms with Crippen LogP contribution in [-0.2, 0) is 4.79 Å². The van der Waals surface area contributed by atoms with Crippen LogP contribution in [0, 0.1) is 5.92 Å². The molecule has 23 heavy (non-hydrogen) atoms. The van der Waals surface area contributed by atoms with Crippen molar-refractivity contribution in [2.24, 2.45) is 5.92 Å². The molecular weight excluding hydrogens is 290 g/mol. The molecule has 1 unspecified atom stereocenters. The van der Waals surface area contributed by atoms with Crippen LogP contribution in [0.15, 0.2) is 24.3 Å². The van der Waals surface area contributed by atoms with E-state index in [-0.39, 0.29) is 23.8 Å². The minimum absolute atomic E-state index is 0.0751. The highest BCUT2D eigenvalue weighted by Gasteiger charge is 2.21. The number of nitrogens with one attached hydrogen (secondary N) is 3. The van der Waals surface area contributed by atoms with Crippen molar-refractivity contribution in [1.29, 1.82) is 0 Å². The van der Waals surface area contributed by atoms with E-state index < -0.39 is 0 Å². The van der Waals surface area contributed by atoms with Gasteiger partial charge in [-0.15, -0.1) is 0 Å². The van der Waals surface area contributed by atoms with Gasteiger partial charge in [-0.2, -0.15) is 0 Å². The summed E-state index contributed by atoms with van der Waals surface area (Å²) in [5.74, 6) is 0.0599. The van der Waals surface area contributed by atoms with Gasteiger partial charge in [0.05, 0.1) is 0 Å². The molecule has 2 amide bonds. The number of amides is 2. The summed E-state index contributed by atoms with van der Waals surface area (Å²) < 4.78 is 0. The molecule has 1 aliphatic carbocycles. The van der Waals surface area contributed by atoms with Crippen molar-refractivity contribution < 1.29 is 9.59 Å². The highest BCUT2D eigenvalue weighted by Crippen LogP contribution is 2.25. The highest BCUT2D eigenvalue weighted by atomic mass is 16.2. The number of anilines is 1. The van der Waals surface area contributed by atoms with Crippen LogP contribution in [0.5, 0.6) is 0 Å². The van der Waals surface area contributed by atoms with Gasteiger partial charge >= 0.3 is 0 Å². The highest BCUT2D eigenvalue weighted by molar-refractivity contribution is 5.97. The first-order chi connectivity index (χ1) is 11.1. The van der Waals surface area contributed by atoms with E-state index in [9.17, 15) is 9.59 Å². The van der Waals surface area contributed by atoms with Crippen LogP contribution < -0.4 is 16.0 Å². The molecule has 0 heterocycles. The molecule has 2 rings (SSSR count). The molecule has 1 fully saturated rings. The van der Waals surface area contributed by atoms with Gasteiger partial charge in [0.15, 0.2) is 0 Å². The monoisotopic (exact) mass is 317 g/mol. The first-order valence-electron chi connectivity index (χ1n) is 8.46. The SMILES string of the molecule is CNC(C)CNC(=O)c1cccc(NC(=O)C2CCCCC2)c1. The van der Waals surface area contributed by atoms with Gasteiger partial charge in [-0.1, -0.05) is 25.3 Å². The van der Waals surface area contributed by atoms with Gasteiger partial charge in [0, 0.05) is 29.8 Å². The quantitative estimate of drug-likeness (QED) is 0.755. The Hall–Kier alpha value is -1.88. The first-order valence-corrected chi connectivity index (χ1v) is 8.46. The molecule has 126 valence electrons. The molecule has 0 saturated heterocycles. The Labute approximate surface area is 138 Å². The summed E-state index contributed by atoms with van der Waals surface area (Å²) in [6.45, 7) is 2.56. The fraction of sp³-hybridized carbons (Fsp3) is 0.556. The first kappa shape index (κ1) is 17.5. The minimum Gasteiger partial charge on any atom is -0.350 e. The number of benzene rings is 1. The molecule has 5 nitrogen and oxygen atoms in total. The molecule has 0 aliphatic heterocycles. The predicted molar refractivity (Wildman–Crippen MR) is 92.5 cm³/mol. The second-order valence-corrected chi connectivity index (χ2v) is 6.30. The van der Waals surface area contributed by atoms with Crippen molar-refractivity contribution in [3.8, 4) is 0 Å². The van der Waals surface area contributed by atoms with Gasteiger partial charge in [-0.3, -0.25) is 9.59 Å². The largest absolute Gasteiger partial charge is 0.350 e. The second-order valence-electron chi connectivity index (χ2n) is 6.30. The lowest BCUT2D eigenvalue weighted by atomic mass is 9.88. The lowest BCUT2D eigenvalue weighted by Crippen LogP contribution is -2.37. The fourth-order valence-corrected chi connectivity index (χ4v) is 2.80. The van der Waals surface area contributed by atoms with Crippen LogP contribution in [0.1, 0.15) is 49.4 Å². The van der Waals surface area contributed by atoms with Crippen molar-refractivity contribution in [1.82, 2.24) is 10.6 Å². The van der Waals surface area contributed by atoms with E-state index >= 15 is 0 Å². The van der Waals surface area contributed by atoms with Crippen molar-refractivity contribution in [3.63, 3.8) is 0 Å².